The zero-order valence-electron chi connectivity index (χ0n) is 10.0. The van der Waals surface area contributed by atoms with Crippen molar-refractivity contribution < 1.29 is 0 Å². The lowest BCUT2D eigenvalue weighted by Gasteiger charge is -2.10. The molecule has 0 N–H and O–H groups in total. The van der Waals surface area contributed by atoms with Gasteiger partial charge in [-0.1, -0.05) is 33.8 Å². The van der Waals surface area contributed by atoms with Crippen LogP contribution in [-0.4, -0.2) is 0 Å². The number of rotatable bonds is 3. The Morgan fingerprint density at radius 1 is 1.13 bits per heavy atom. The van der Waals surface area contributed by atoms with E-state index in [2.05, 4.69) is 39.8 Å². The normalized spacial score (nSPS) is 10.7. The van der Waals surface area contributed by atoms with Crippen molar-refractivity contribution in [3.8, 4) is 6.07 Å². The number of nitrogens with zero attached hydrogens (tertiary/aromatic N) is 1. The molecule has 1 aromatic rings. The smallest absolute Gasteiger partial charge is 0.0991 e. The van der Waals surface area contributed by atoms with E-state index in [-0.39, 0.29) is 0 Å². The quantitative estimate of drug-likeness (QED) is 0.728. The topological polar surface area (TPSA) is 23.8 Å². The average Bonchev–Trinajstić information content (AvgIpc) is 2.16. The molecule has 1 aromatic carbocycles. The van der Waals surface area contributed by atoms with Crippen LogP contribution in [0.15, 0.2) is 18.2 Å². The first-order valence-corrected chi connectivity index (χ1v) is 5.57. The van der Waals surface area contributed by atoms with Gasteiger partial charge in [-0.15, -0.1) is 0 Å². The van der Waals surface area contributed by atoms with Crippen molar-refractivity contribution in [3.05, 3.63) is 34.9 Å². The SMILES string of the molecule is CC(C)Cc1cc(C#N)cc(C(C)C)c1. The second-order valence-electron chi connectivity index (χ2n) is 4.83. The van der Waals surface area contributed by atoms with Gasteiger partial charge in [-0.05, 0) is 41.5 Å². The Hall–Kier alpha value is -1.29. The zero-order valence-corrected chi connectivity index (χ0v) is 10.0. The molecule has 0 bridgehead atoms. The first kappa shape index (κ1) is 11.8. The molecule has 0 radical (unpaired) electrons. The Morgan fingerprint density at radius 3 is 2.27 bits per heavy atom. The molecule has 0 aromatic heterocycles. The number of nitriles is 1. The fourth-order valence-electron chi connectivity index (χ4n) is 1.71. The van der Waals surface area contributed by atoms with E-state index in [4.69, 9.17) is 5.26 Å². The predicted molar refractivity (Wildman–Crippen MR) is 63.8 cm³/mol. The van der Waals surface area contributed by atoms with Crippen LogP contribution in [0.1, 0.15) is 50.3 Å². The molecule has 1 nitrogen and oxygen atoms in total. The lowest BCUT2D eigenvalue weighted by molar-refractivity contribution is 0.646. The van der Waals surface area contributed by atoms with Gasteiger partial charge in [-0.3, -0.25) is 0 Å². The molecule has 0 spiro atoms. The molecule has 0 aliphatic carbocycles. The summed E-state index contributed by atoms with van der Waals surface area (Å²) in [5.74, 6) is 1.13. The molecule has 0 amide bonds. The third kappa shape index (κ3) is 3.40. The van der Waals surface area contributed by atoms with Gasteiger partial charge in [0.25, 0.3) is 0 Å². The van der Waals surface area contributed by atoms with Crippen LogP contribution in [0.5, 0.6) is 0 Å². The van der Waals surface area contributed by atoms with Gasteiger partial charge in [0.1, 0.15) is 0 Å². The molecule has 1 rings (SSSR count). The van der Waals surface area contributed by atoms with Gasteiger partial charge < -0.3 is 0 Å². The monoisotopic (exact) mass is 201 g/mol. The molecule has 0 aliphatic heterocycles. The fraction of sp³-hybridized carbons (Fsp3) is 0.500. The first-order valence-electron chi connectivity index (χ1n) is 5.57. The minimum Gasteiger partial charge on any atom is -0.192 e. The summed E-state index contributed by atoms with van der Waals surface area (Å²) in [5.41, 5.74) is 3.34. The second-order valence-corrected chi connectivity index (χ2v) is 4.83. The summed E-state index contributed by atoms with van der Waals surface area (Å²) in [6.45, 7) is 8.73. The van der Waals surface area contributed by atoms with Crippen LogP contribution in [0, 0.1) is 17.2 Å². The maximum atomic E-state index is 8.95. The highest BCUT2D eigenvalue weighted by atomic mass is 14.2. The van der Waals surface area contributed by atoms with Crippen molar-refractivity contribution in [1.29, 1.82) is 5.26 Å². The molecule has 0 heterocycles. The second kappa shape index (κ2) is 4.98. The molecular weight excluding hydrogens is 182 g/mol. The van der Waals surface area contributed by atoms with Crippen LogP contribution in [0.25, 0.3) is 0 Å². The highest BCUT2D eigenvalue weighted by molar-refractivity contribution is 5.38. The molecule has 0 saturated carbocycles. The number of hydrogen-bond acceptors (Lipinski definition) is 1. The number of hydrogen-bond donors (Lipinski definition) is 0. The van der Waals surface area contributed by atoms with E-state index < -0.39 is 0 Å². The fourth-order valence-corrected chi connectivity index (χ4v) is 1.71. The van der Waals surface area contributed by atoms with Crippen LogP contribution < -0.4 is 0 Å². The Bertz CT molecular complexity index is 369. The molecule has 0 saturated heterocycles. The summed E-state index contributed by atoms with van der Waals surface area (Å²) in [6, 6.07) is 8.46. The molecule has 0 atom stereocenters. The molecule has 15 heavy (non-hydrogen) atoms. The van der Waals surface area contributed by atoms with E-state index in [0.29, 0.717) is 11.8 Å². The van der Waals surface area contributed by atoms with Crippen LogP contribution in [0.3, 0.4) is 0 Å². The van der Waals surface area contributed by atoms with Crippen LogP contribution >= 0.6 is 0 Å². The Kier molecular flexibility index (Phi) is 3.91. The van der Waals surface area contributed by atoms with Crippen LogP contribution in [0.2, 0.25) is 0 Å². The molecular formula is C14H19N. The third-order valence-electron chi connectivity index (χ3n) is 2.45. The summed E-state index contributed by atoms with van der Waals surface area (Å²) in [5, 5.41) is 8.95. The summed E-state index contributed by atoms with van der Waals surface area (Å²) in [6.07, 6.45) is 1.05. The molecule has 0 fully saturated rings. The third-order valence-corrected chi connectivity index (χ3v) is 2.45. The predicted octanol–water partition coefficient (Wildman–Crippen LogP) is 3.88. The van der Waals surface area contributed by atoms with Crippen LogP contribution in [0.4, 0.5) is 0 Å². The lowest BCUT2D eigenvalue weighted by atomic mass is 9.94. The van der Waals surface area contributed by atoms with Gasteiger partial charge in [-0.2, -0.15) is 5.26 Å². The largest absolute Gasteiger partial charge is 0.192 e. The average molecular weight is 201 g/mol. The van der Waals surface area contributed by atoms with Gasteiger partial charge in [-0.25, -0.2) is 0 Å². The highest BCUT2D eigenvalue weighted by Gasteiger charge is 2.05. The van der Waals surface area contributed by atoms with E-state index in [9.17, 15) is 0 Å². The van der Waals surface area contributed by atoms with Crippen LogP contribution in [-0.2, 0) is 6.42 Å². The molecule has 0 unspecified atom stereocenters. The van der Waals surface area contributed by atoms with Gasteiger partial charge >= 0.3 is 0 Å². The van der Waals surface area contributed by atoms with Gasteiger partial charge in [0, 0.05) is 0 Å². The minimum absolute atomic E-state index is 0.490. The Labute approximate surface area is 92.7 Å². The van der Waals surface area contributed by atoms with Crippen molar-refractivity contribution in [2.75, 3.05) is 0 Å². The molecule has 0 aliphatic rings. The summed E-state index contributed by atoms with van der Waals surface area (Å²) >= 11 is 0. The first-order chi connectivity index (χ1) is 7.02. The molecule has 1 heteroatoms. The van der Waals surface area contributed by atoms with Gasteiger partial charge in [0.05, 0.1) is 11.6 Å². The van der Waals surface area contributed by atoms with Crippen molar-refractivity contribution in [1.82, 2.24) is 0 Å². The lowest BCUT2D eigenvalue weighted by Crippen LogP contribution is -1.97. The van der Waals surface area contributed by atoms with Crippen molar-refractivity contribution in [2.24, 2.45) is 5.92 Å². The van der Waals surface area contributed by atoms with E-state index in [1.807, 2.05) is 12.1 Å². The van der Waals surface area contributed by atoms with Crippen molar-refractivity contribution in [2.45, 2.75) is 40.0 Å². The maximum Gasteiger partial charge on any atom is 0.0991 e. The van der Waals surface area contributed by atoms with E-state index in [1.165, 1.54) is 11.1 Å². The summed E-state index contributed by atoms with van der Waals surface area (Å²) in [4.78, 5) is 0. The van der Waals surface area contributed by atoms with E-state index >= 15 is 0 Å². The zero-order chi connectivity index (χ0) is 11.4. The standard InChI is InChI=1S/C14H19N/c1-10(2)5-12-6-13(9-15)8-14(7-12)11(3)4/h6-8,10-11H,5H2,1-4H3. The summed E-state index contributed by atoms with van der Waals surface area (Å²) < 4.78 is 0. The minimum atomic E-state index is 0.490. The highest BCUT2D eigenvalue weighted by Crippen LogP contribution is 2.20. The Morgan fingerprint density at radius 2 is 1.80 bits per heavy atom. The van der Waals surface area contributed by atoms with Crippen molar-refractivity contribution >= 4 is 0 Å². The van der Waals surface area contributed by atoms with Gasteiger partial charge in [0.15, 0.2) is 0 Å². The van der Waals surface area contributed by atoms with E-state index in [1.54, 1.807) is 0 Å². The Balaban J connectivity index is 3.07. The van der Waals surface area contributed by atoms with E-state index in [0.717, 1.165) is 12.0 Å². The summed E-state index contributed by atoms with van der Waals surface area (Å²) in [7, 11) is 0. The van der Waals surface area contributed by atoms with Crippen molar-refractivity contribution in [3.63, 3.8) is 0 Å². The van der Waals surface area contributed by atoms with Gasteiger partial charge in [0.2, 0.25) is 0 Å². The number of benzene rings is 1. The maximum absolute atomic E-state index is 8.95. The molecule has 80 valence electrons.